The molecular weight excluding hydrogens is 287 g/mol. The van der Waals surface area contributed by atoms with Crippen LogP contribution in [0.4, 0.5) is 0 Å². The zero-order valence-corrected chi connectivity index (χ0v) is 12.5. The minimum Gasteiger partial charge on any atom is -0.291 e. The summed E-state index contributed by atoms with van der Waals surface area (Å²) in [5, 5.41) is 0.271. The molecule has 0 aliphatic heterocycles. The van der Waals surface area contributed by atoms with E-state index in [0.29, 0.717) is 17.7 Å². The number of fused-ring (bicyclic) bond motifs is 1. The first-order valence-electron chi connectivity index (χ1n) is 6.34. The minimum atomic E-state index is -0.134. The predicted octanol–water partition coefficient (Wildman–Crippen LogP) is 3.02. The number of imidazole rings is 1. The van der Waals surface area contributed by atoms with Crippen molar-refractivity contribution in [3.8, 4) is 0 Å². The van der Waals surface area contributed by atoms with Gasteiger partial charge in [-0.3, -0.25) is 9.13 Å². The highest BCUT2D eigenvalue weighted by molar-refractivity contribution is 6.35. The van der Waals surface area contributed by atoms with Crippen molar-refractivity contribution in [1.82, 2.24) is 19.1 Å². The molecule has 0 radical (unpaired) electrons. The lowest BCUT2D eigenvalue weighted by Gasteiger charge is -2.02. The molecule has 0 bridgehead atoms. The Morgan fingerprint density at radius 3 is 2.58 bits per heavy atom. The highest BCUT2D eigenvalue weighted by atomic mass is 35.5. The molecular formula is C12H16Cl2N4O. The first-order valence-corrected chi connectivity index (χ1v) is 7.10. The number of nitrogens with zero attached hydrogens (tertiary/aromatic N) is 4. The van der Waals surface area contributed by atoms with Gasteiger partial charge in [-0.15, -0.1) is 0 Å². The van der Waals surface area contributed by atoms with Gasteiger partial charge in [-0.2, -0.15) is 4.98 Å². The SMILES string of the molecule is CCCCCCn1c(=O)n(C)c2c(Cl)nc(Cl)nc21. The molecule has 7 heteroatoms. The maximum absolute atomic E-state index is 12.2. The Bertz CT molecular complexity index is 647. The van der Waals surface area contributed by atoms with Crippen molar-refractivity contribution in [3.05, 3.63) is 20.9 Å². The van der Waals surface area contributed by atoms with Gasteiger partial charge in [-0.05, 0) is 18.0 Å². The van der Waals surface area contributed by atoms with Gasteiger partial charge >= 0.3 is 5.69 Å². The summed E-state index contributed by atoms with van der Waals surface area (Å²) >= 11 is 11.8. The number of rotatable bonds is 5. The molecule has 5 nitrogen and oxygen atoms in total. The second-order valence-electron chi connectivity index (χ2n) is 4.51. The summed E-state index contributed by atoms with van der Waals surface area (Å²) in [7, 11) is 1.66. The van der Waals surface area contributed by atoms with Crippen LogP contribution in [-0.4, -0.2) is 19.1 Å². The molecule has 0 amide bonds. The largest absolute Gasteiger partial charge is 0.330 e. The third kappa shape index (κ3) is 2.77. The first-order chi connectivity index (χ1) is 9.06. The summed E-state index contributed by atoms with van der Waals surface area (Å²) in [6.45, 7) is 2.77. The van der Waals surface area contributed by atoms with Gasteiger partial charge in [0, 0.05) is 13.6 Å². The molecule has 19 heavy (non-hydrogen) atoms. The standard InChI is InChI=1S/C12H16Cl2N4O/c1-3-4-5-6-7-18-10-8(17(2)12(18)19)9(13)15-11(14)16-10/h3-7H2,1-2H3. The number of unbranched alkanes of at least 4 members (excludes halogenated alkanes) is 3. The molecule has 0 saturated heterocycles. The Labute approximate surface area is 121 Å². The maximum Gasteiger partial charge on any atom is 0.330 e. The second kappa shape index (κ2) is 5.92. The summed E-state index contributed by atoms with van der Waals surface area (Å²) in [4.78, 5) is 20.2. The van der Waals surface area contributed by atoms with Gasteiger partial charge in [0.15, 0.2) is 10.8 Å². The van der Waals surface area contributed by atoms with E-state index in [2.05, 4.69) is 16.9 Å². The lowest BCUT2D eigenvalue weighted by Crippen LogP contribution is -2.22. The third-order valence-electron chi connectivity index (χ3n) is 3.14. The molecule has 0 aliphatic rings. The van der Waals surface area contributed by atoms with E-state index in [0.717, 1.165) is 25.7 Å². The smallest absolute Gasteiger partial charge is 0.291 e. The van der Waals surface area contributed by atoms with Crippen molar-refractivity contribution in [1.29, 1.82) is 0 Å². The Balaban J connectivity index is 2.43. The fourth-order valence-corrected chi connectivity index (χ4v) is 2.63. The highest BCUT2D eigenvalue weighted by Crippen LogP contribution is 2.21. The molecule has 0 unspecified atom stereocenters. The van der Waals surface area contributed by atoms with Crippen LogP contribution in [-0.2, 0) is 13.6 Å². The van der Waals surface area contributed by atoms with Crippen LogP contribution >= 0.6 is 23.2 Å². The summed E-state index contributed by atoms with van der Waals surface area (Å²) < 4.78 is 3.08. The average molecular weight is 303 g/mol. The van der Waals surface area contributed by atoms with Crippen LogP contribution in [0.5, 0.6) is 0 Å². The molecule has 2 heterocycles. The molecule has 0 fully saturated rings. The number of halogens is 2. The Morgan fingerprint density at radius 2 is 1.89 bits per heavy atom. The summed E-state index contributed by atoms with van der Waals surface area (Å²) in [6, 6.07) is 0. The fraction of sp³-hybridized carbons (Fsp3) is 0.583. The summed E-state index contributed by atoms with van der Waals surface area (Å²) in [5.74, 6) is 0. The molecule has 0 atom stereocenters. The topological polar surface area (TPSA) is 52.7 Å². The number of aromatic nitrogens is 4. The molecule has 0 aromatic carbocycles. The van der Waals surface area contributed by atoms with E-state index in [9.17, 15) is 4.79 Å². The molecule has 104 valence electrons. The van der Waals surface area contributed by atoms with Gasteiger partial charge in [0.1, 0.15) is 5.52 Å². The van der Waals surface area contributed by atoms with E-state index in [1.165, 1.54) is 4.57 Å². The Kier molecular flexibility index (Phi) is 4.47. The Morgan fingerprint density at radius 1 is 1.16 bits per heavy atom. The zero-order chi connectivity index (χ0) is 14.0. The maximum atomic E-state index is 12.2. The van der Waals surface area contributed by atoms with Crippen LogP contribution in [0.3, 0.4) is 0 Å². The van der Waals surface area contributed by atoms with Crippen molar-refractivity contribution in [2.75, 3.05) is 0 Å². The fourth-order valence-electron chi connectivity index (χ4n) is 2.13. The van der Waals surface area contributed by atoms with Crippen molar-refractivity contribution in [3.63, 3.8) is 0 Å². The number of aryl methyl sites for hydroxylation is 2. The van der Waals surface area contributed by atoms with Crippen molar-refractivity contribution in [2.45, 2.75) is 39.2 Å². The molecule has 2 rings (SSSR count). The van der Waals surface area contributed by atoms with E-state index in [1.54, 1.807) is 11.6 Å². The van der Waals surface area contributed by atoms with E-state index >= 15 is 0 Å². The summed E-state index contributed by atoms with van der Waals surface area (Å²) in [5.41, 5.74) is 0.908. The van der Waals surface area contributed by atoms with Crippen LogP contribution in [0, 0.1) is 0 Å². The first kappa shape index (κ1) is 14.3. The van der Waals surface area contributed by atoms with Crippen molar-refractivity contribution in [2.24, 2.45) is 7.05 Å². The number of hydrogen-bond donors (Lipinski definition) is 0. The number of hydrogen-bond acceptors (Lipinski definition) is 3. The Hall–Kier alpha value is -1.07. The van der Waals surface area contributed by atoms with Gasteiger partial charge in [-0.25, -0.2) is 9.78 Å². The lowest BCUT2D eigenvalue weighted by molar-refractivity contribution is 0.571. The average Bonchev–Trinajstić information content (AvgIpc) is 2.59. The van der Waals surface area contributed by atoms with Crippen molar-refractivity contribution >= 4 is 34.4 Å². The quantitative estimate of drug-likeness (QED) is 0.485. The van der Waals surface area contributed by atoms with Gasteiger partial charge in [0.2, 0.25) is 5.28 Å². The van der Waals surface area contributed by atoms with E-state index < -0.39 is 0 Å². The van der Waals surface area contributed by atoms with Crippen LogP contribution in [0.1, 0.15) is 32.6 Å². The molecule has 2 aromatic rings. The third-order valence-corrected chi connectivity index (χ3v) is 3.57. The van der Waals surface area contributed by atoms with Gasteiger partial charge in [0.05, 0.1) is 0 Å². The van der Waals surface area contributed by atoms with Crippen LogP contribution in [0.2, 0.25) is 10.4 Å². The monoisotopic (exact) mass is 302 g/mol. The van der Waals surface area contributed by atoms with Crippen molar-refractivity contribution < 1.29 is 0 Å². The minimum absolute atomic E-state index is 0.0606. The van der Waals surface area contributed by atoms with E-state index in [4.69, 9.17) is 23.2 Å². The molecule has 0 saturated carbocycles. The van der Waals surface area contributed by atoms with Gasteiger partial charge in [-0.1, -0.05) is 37.8 Å². The second-order valence-corrected chi connectivity index (χ2v) is 5.21. The van der Waals surface area contributed by atoms with Gasteiger partial charge < -0.3 is 0 Å². The van der Waals surface area contributed by atoms with E-state index in [1.807, 2.05) is 0 Å². The molecule has 2 aromatic heterocycles. The molecule has 0 N–H and O–H groups in total. The van der Waals surface area contributed by atoms with E-state index in [-0.39, 0.29) is 16.1 Å². The van der Waals surface area contributed by atoms with Crippen LogP contribution in [0.15, 0.2) is 4.79 Å². The highest BCUT2D eigenvalue weighted by Gasteiger charge is 2.16. The molecule has 0 spiro atoms. The van der Waals surface area contributed by atoms with Crippen LogP contribution < -0.4 is 5.69 Å². The zero-order valence-electron chi connectivity index (χ0n) is 11.0. The van der Waals surface area contributed by atoms with Crippen LogP contribution in [0.25, 0.3) is 11.2 Å². The lowest BCUT2D eigenvalue weighted by atomic mass is 10.2. The summed E-state index contributed by atoms with van der Waals surface area (Å²) in [6.07, 6.45) is 4.35. The molecule has 0 aliphatic carbocycles. The predicted molar refractivity (Wildman–Crippen MR) is 76.9 cm³/mol. The normalized spacial score (nSPS) is 11.4. The van der Waals surface area contributed by atoms with Gasteiger partial charge in [0.25, 0.3) is 0 Å².